The maximum atomic E-state index is 12.9. The molecular formula is C30H58N2O2S2. The fourth-order valence-electron chi connectivity index (χ4n) is 3.35. The highest BCUT2D eigenvalue weighted by Gasteiger charge is 2.40. The van der Waals surface area contributed by atoms with Crippen LogP contribution in [0.3, 0.4) is 0 Å². The van der Waals surface area contributed by atoms with Gasteiger partial charge < -0.3 is 11.5 Å². The molecule has 0 amide bonds. The van der Waals surface area contributed by atoms with Gasteiger partial charge >= 0.3 is 0 Å². The van der Waals surface area contributed by atoms with E-state index < -0.39 is 22.9 Å². The average molecular weight is 543 g/mol. The molecule has 212 valence electrons. The summed E-state index contributed by atoms with van der Waals surface area (Å²) >= 11 is 3.45. The predicted molar refractivity (Wildman–Crippen MR) is 167 cm³/mol. The van der Waals surface area contributed by atoms with Gasteiger partial charge in [-0.25, -0.2) is 0 Å². The first-order valence-electron chi connectivity index (χ1n) is 13.4. The van der Waals surface area contributed by atoms with Crippen molar-refractivity contribution >= 4 is 35.1 Å². The zero-order valence-electron chi connectivity index (χ0n) is 25.1. The molecule has 0 heterocycles. The monoisotopic (exact) mass is 542 g/mol. The third kappa shape index (κ3) is 9.81. The summed E-state index contributed by atoms with van der Waals surface area (Å²) in [5.41, 5.74) is 14.4. The molecule has 0 bridgehead atoms. The standard InChI is InChI=1S/C28H48N2O2S2.C2H6.2H2/c1-11-25(3,4)23(31)21(29)27(7,8)33-17-19-14-13-15-20(16-19)18-34-28(9,10)22(30)24(32)26(5,6)12-2;1-2;;/h13-16,21-22H,11-12,17-18,29-30H2,1-10H3;1-2H3;2*1H. The van der Waals surface area contributed by atoms with Gasteiger partial charge in [0.15, 0.2) is 11.6 Å². The second-order valence-electron chi connectivity index (χ2n) is 11.8. The highest BCUT2D eigenvalue weighted by atomic mass is 32.2. The topological polar surface area (TPSA) is 86.2 Å². The van der Waals surface area contributed by atoms with Crippen LogP contribution in [0.15, 0.2) is 24.3 Å². The minimum atomic E-state index is -0.515. The van der Waals surface area contributed by atoms with Crippen LogP contribution < -0.4 is 11.5 Å². The molecule has 0 aliphatic rings. The van der Waals surface area contributed by atoms with E-state index in [2.05, 4.69) is 52.0 Å². The lowest BCUT2D eigenvalue weighted by Crippen LogP contribution is -2.51. The molecule has 0 fully saturated rings. The molecule has 0 saturated heterocycles. The Bertz CT molecular complexity index is 793. The molecule has 6 heteroatoms. The Morgan fingerprint density at radius 2 is 1.06 bits per heavy atom. The second kappa shape index (κ2) is 14.4. The molecule has 36 heavy (non-hydrogen) atoms. The van der Waals surface area contributed by atoms with Crippen LogP contribution in [0.2, 0.25) is 0 Å². The second-order valence-corrected chi connectivity index (χ2v) is 15.0. The molecule has 4 N–H and O–H groups in total. The number of nitrogens with two attached hydrogens (primary N) is 2. The smallest absolute Gasteiger partial charge is 0.156 e. The molecule has 1 rings (SSSR count). The summed E-state index contributed by atoms with van der Waals surface area (Å²) in [7, 11) is 0. The zero-order chi connectivity index (χ0) is 28.5. The van der Waals surface area contributed by atoms with Gasteiger partial charge in [-0.05, 0) is 51.7 Å². The summed E-state index contributed by atoms with van der Waals surface area (Å²) in [6.45, 7) is 24.2. The Labute approximate surface area is 233 Å². The summed E-state index contributed by atoms with van der Waals surface area (Å²) in [5, 5.41) is 0. The molecule has 0 saturated carbocycles. The first-order chi connectivity index (χ1) is 16.4. The van der Waals surface area contributed by atoms with E-state index in [0.717, 1.165) is 24.3 Å². The maximum absolute atomic E-state index is 12.9. The number of hydrogen-bond donors (Lipinski definition) is 2. The SMILES string of the molecule is CC.CCC(C)(C)C(=O)C(N)C(C)(C)SCc1cccc(CSC(C)(C)C(N)C(=O)C(C)(C)CC)c1.[HH].[HH]. The Hall–Kier alpha value is -0.820. The third-order valence-electron chi connectivity index (χ3n) is 7.38. The quantitative estimate of drug-likeness (QED) is 0.248. The van der Waals surface area contributed by atoms with Crippen LogP contribution in [0.5, 0.6) is 0 Å². The van der Waals surface area contributed by atoms with Gasteiger partial charge in [0, 0.05) is 34.7 Å². The van der Waals surface area contributed by atoms with E-state index in [4.69, 9.17) is 11.5 Å². The van der Waals surface area contributed by atoms with Crippen LogP contribution in [0, 0.1) is 10.8 Å². The number of ketones is 2. The molecule has 1 aromatic rings. The summed E-state index contributed by atoms with van der Waals surface area (Å²) in [6, 6.07) is 7.48. The zero-order valence-corrected chi connectivity index (χ0v) is 26.7. The minimum Gasteiger partial charge on any atom is -0.320 e. The van der Waals surface area contributed by atoms with E-state index in [1.807, 2.05) is 55.4 Å². The Morgan fingerprint density at radius 3 is 1.33 bits per heavy atom. The van der Waals surface area contributed by atoms with E-state index >= 15 is 0 Å². The molecule has 2 atom stereocenters. The van der Waals surface area contributed by atoms with Gasteiger partial charge in [-0.1, -0.05) is 79.7 Å². The predicted octanol–water partition coefficient (Wildman–Crippen LogP) is 7.89. The van der Waals surface area contributed by atoms with Crippen molar-refractivity contribution in [2.45, 2.75) is 129 Å². The summed E-state index contributed by atoms with van der Waals surface area (Å²) < 4.78 is -0.731. The Morgan fingerprint density at radius 1 is 0.750 bits per heavy atom. The van der Waals surface area contributed by atoms with E-state index in [9.17, 15) is 9.59 Å². The first-order valence-corrected chi connectivity index (χ1v) is 15.3. The van der Waals surface area contributed by atoms with E-state index in [0.29, 0.717) is 0 Å². The number of Topliss-reactive ketones (excluding diaryl/α,β-unsaturated/α-hetero) is 2. The fraction of sp³-hybridized carbons (Fsp3) is 0.733. The molecule has 0 radical (unpaired) electrons. The van der Waals surface area contributed by atoms with Crippen molar-refractivity contribution in [3.05, 3.63) is 35.4 Å². The molecule has 2 unspecified atom stereocenters. The van der Waals surface area contributed by atoms with Gasteiger partial charge in [-0.3, -0.25) is 9.59 Å². The molecule has 0 aromatic heterocycles. The highest BCUT2D eigenvalue weighted by Crippen LogP contribution is 2.37. The van der Waals surface area contributed by atoms with E-state index in [1.165, 1.54) is 11.1 Å². The van der Waals surface area contributed by atoms with Crippen LogP contribution in [-0.4, -0.2) is 33.1 Å². The normalized spacial score (nSPS) is 14.5. The average Bonchev–Trinajstić information content (AvgIpc) is 2.85. The van der Waals surface area contributed by atoms with Crippen molar-refractivity contribution in [1.82, 2.24) is 0 Å². The summed E-state index contributed by atoms with van der Waals surface area (Å²) in [5.74, 6) is 1.81. The molecule has 4 nitrogen and oxygen atoms in total. The molecule has 0 aliphatic heterocycles. The maximum Gasteiger partial charge on any atom is 0.156 e. The number of thioether (sulfide) groups is 2. The van der Waals surface area contributed by atoms with E-state index in [1.54, 1.807) is 23.5 Å². The number of carbonyl (C=O) groups is 2. The van der Waals surface area contributed by atoms with Gasteiger partial charge in [0.2, 0.25) is 0 Å². The number of benzene rings is 1. The van der Waals surface area contributed by atoms with Gasteiger partial charge in [-0.15, -0.1) is 23.5 Å². The van der Waals surface area contributed by atoms with Gasteiger partial charge in [-0.2, -0.15) is 0 Å². The van der Waals surface area contributed by atoms with Crippen LogP contribution in [-0.2, 0) is 21.1 Å². The van der Waals surface area contributed by atoms with E-state index in [-0.39, 0.29) is 23.9 Å². The lowest BCUT2D eigenvalue weighted by atomic mass is 9.79. The van der Waals surface area contributed by atoms with Gasteiger partial charge in [0.25, 0.3) is 0 Å². The summed E-state index contributed by atoms with van der Waals surface area (Å²) in [4.78, 5) is 25.8. The molecule has 0 spiro atoms. The third-order valence-corrected chi connectivity index (χ3v) is 10.3. The van der Waals surface area contributed by atoms with Crippen LogP contribution >= 0.6 is 23.5 Å². The number of carbonyl (C=O) groups excluding carboxylic acids is 2. The minimum absolute atomic E-state index is 0. The van der Waals surface area contributed by atoms with Crippen molar-refractivity contribution < 1.29 is 12.4 Å². The molecule has 0 aliphatic carbocycles. The highest BCUT2D eigenvalue weighted by molar-refractivity contribution is 8.00. The number of rotatable bonds is 14. The van der Waals surface area contributed by atoms with Crippen LogP contribution in [0.25, 0.3) is 0 Å². The summed E-state index contributed by atoms with van der Waals surface area (Å²) in [6.07, 6.45) is 1.56. The Balaban J connectivity index is -0.00000298. The van der Waals surface area contributed by atoms with Crippen molar-refractivity contribution in [3.63, 3.8) is 0 Å². The van der Waals surface area contributed by atoms with Crippen molar-refractivity contribution in [2.24, 2.45) is 22.3 Å². The molecule has 1 aromatic carbocycles. The lowest BCUT2D eigenvalue weighted by Gasteiger charge is -2.35. The van der Waals surface area contributed by atoms with Gasteiger partial charge in [0.05, 0.1) is 12.1 Å². The Kier molecular flexibility index (Phi) is 14.0. The largest absolute Gasteiger partial charge is 0.320 e. The van der Waals surface area contributed by atoms with Crippen molar-refractivity contribution in [2.75, 3.05) is 0 Å². The van der Waals surface area contributed by atoms with Crippen molar-refractivity contribution in [3.8, 4) is 0 Å². The molecular weight excluding hydrogens is 484 g/mol. The van der Waals surface area contributed by atoms with Crippen molar-refractivity contribution in [1.29, 1.82) is 0 Å². The number of hydrogen-bond acceptors (Lipinski definition) is 6. The van der Waals surface area contributed by atoms with Crippen LogP contribution in [0.4, 0.5) is 0 Å². The van der Waals surface area contributed by atoms with Crippen LogP contribution in [0.1, 0.15) is 110 Å². The van der Waals surface area contributed by atoms with Gasteiger partial charge in [0.1, 0.15) is 0 Å². The lowest BCUT2D eigenvalue weighted by molar-refractivity contribution is -0.129. The first kappa shape index (κ1) is 35.2. The fourth-order valence-corrected chi connectivity index (χ4v) is 5.36.